The summed E-state index contributed by atoms with van der Waals surface area (Å²) in [4.78, 5) is 1.89. The van der Waals surface area contributed by atoms with Crippen LogP contribution in [0.4, 0.5) is 5.69 Å². The van der Waals surface area contributed by atoms with Gasteiger partial charge in [-0.05, 0) is 18.1 Å². The summed E-state index contributed by atoms with van der Waals surface area (Å²) in [6.45, 7) is 2.03. The summed E-state index contributed by atoms with van der Waals surface area (Å²) in [6, 6.07) is 8.16. The molecule has 0 amide bonds. The molecule has 0 aliphatic carbocycles. The summed E-state index contributed by atoms with van der Waals surface area (Å²) in [5, 5.41) is 0. The maximum Gasteiger partial charge on any atom is 1.00 e. The molecule has 1 aromatic carbocycles. The van der Waals surface area contributed by atoms with Crippen molar-refractivity contribution in [3.05, 3.63) is 36.4 Å². The summed E-state index contributed by atoms with van der Waals surface area (Å²) in [7, 11) is 0. The third-order valence-electron chi connectivity index (χ3n) is 1.94. The number of fused-ring (bicyclic) bond motifs is 1. The fourth-order valence-electron chi connectivity index (χ4n) is 1.38. The van der Waals surface area contributed by atoms with Gasteiger partial charge in [-0.25, -0.2) is 0 Å². The Balaban J connectivity index is 0.000000845. The molecule has 0 spiro atoms. The van der Waals surface area contributed by atoms with Crippen molar-refractivity contribution in [2.45, 2.75) is 6.42 Å². The quantitative estimate of drug-likeness (QED) is 0.295. The first-order valence-corrected chi connectivity index (χ1v) is 4.52. The normalized spacial score (nSPS) is 12.4. The Morgan fingerprint density at radius 2 is 2.00 bits per heavy atom. The number of anilines is 1. The number of benzene rings is 1. The Morgan fingerprint density at radius 1 is 1.36 bits per heavy atom. The second-order valence-corrected chi connectivity index (χ2v) is 3.68. The Kier molecular flexibility index (Phi) is 6.41. The molecule has 0 atom stereocenters. The zero-order valence-electron chi connectivity index (χ0n) is 8.36. The van der Waals surface area contributed by atoms with Gasteiger partial charge in [0.15, 0.2) is 0 Å². The van der Waals surface area contributed by atoms with Crippen LogP contribution in [0.1, 0.15) is 5.56 Å². The number of hydrogen-bond acceptors (Lipinski definition) is 2. The van der Waals surface area contributed by atoms with Gasteiger partial charge in [-0.2, -0.15) is 0 Å². The maximum absolute atomic E-state index is 4.94. The van der Waals surface area contributed by atoms with Crippen LogP contribution in [0.15, 0.2) is 24.3 Å². The monoisotopic (exact) mass is 207 g/mol. The van der Waals surface area contributed by atoms with Crippen molar-refractivity contribution in [2.24, 2.45) is 0 Å². The van der Waals surface area contributed by atoms with Crippen molar-refractivity contribution in [1.29, 1.82) is 0 Å². The molecule has 0 unspecified atom stereocenters. The van der Waals surface area contributed by atoms with E-state index in [1.807, 2.05) is 29.6 Å². The van der Waals surface area contributed by atoms with Crippen LogP contribution in [0.2, 0.25) is 0 Å². The second-order valence-electron chi connectivity index (χ2n) is 2.65. The Labute approximate surface area is 119 Å². The van der Waals surface area contributed by atoms with Gasteiger partial charge in [0.05, 0.1) is 6.54 Å². The fourth-order valence-corrected chi connectivity index (χ4v) is 1.73. The van der Waals surface area contributed by atoms with E-state index in [9.17, 15) is 0 Å². The van der Waals surface area contributed by atoms with Crippen molar-refractivity contribution >= 4 is 53.7 Å². The van der Waals surface area contributed by atoms with Crippen LogP contribution in [0, 0.1) is 6.54 Å². The van der Waals surface area contributed by atoms with Crippen LogP contribution < -0.4 is 23.8 Å². The number of hydrogen-bond donors (Lipinski definition) is 0. The summed E-state index contributed by atoms with van der Waals surface area (Å²) in [5.41, 5.74) is 2.43. The topological polar surface area (TPSA) is 3.24 Å². The van der Waals surface area contributed by atoms with Gasteiger partial charge in [0, 0.05) is 24.5 Å². The minimum absolute atomic E-state index is 0. The zero-order chi connectivity index (χ0) is 8.55. The van der Waals surface area contributed by atoms with Crippen LogP contribution in [0.5, 0.6) is 0 Å². The molecule has 0 aromatic heterocycles. The average Bonchev–Trinajstić information content (AvgIpc) is 2.47. The van der Waals surface area contributed by atoms with Crippen LogP contribution in [-0.2, 0) is 19.0 Å². The molecule has 0 saturated heterocycles. The third-order valence-corrected chi connectivity index (χ3v) is 2.34. The predicted molar refractivity (Wildman–Crippen MR) is 62.6 cm³/mol. The minimum Gasteiger partial charge on any atom is -0.411 e. The predicted octanol–water partition coefficient (Wildman–Crippen LogP) is -1.33. The van der Waals surface area contributed by atoms with E-state index in [2.05, 4.69) is 6.07 Å². The van der Waals surface area contributed by atoms with Gasteiger partial charge in [0.25, 0.3) is 0 Å². The Hall–Kier alpha value is 0.525. The molecular formula is C9H7Li2NS2. The Morgan fingerprint density at radius 3 is 2.64 bits per heavy atom. The van der Waals surface area contributed by atoms with Gasteiger partial charge in [0.2, 0.25) is 0 Å². The van der Waals surface area contributed by atoms with Gasteiger partial charge < -0.3 is 29.7 Å². The summed E-state index contributed by atoms with van der Waals surface area (Å²) < 4.78 is 0.500. The third kappa shape index (κ3) is 2.77. The molecule has 14 heavy (non-hydrogen) atoms. The van der Waals surface area contributed by atoms with Crippen molar-refractivity contribution in [3.63, 3.8) is 0 Å². The van der Waals surface area contributed by atoms with Gasteiger partial charge in [0.1, 0.15) is 0 Å². The molecule has 1 heterocycles. The zero-order valence-corrected chi connectivity index (χ0v) is 9.99. The molecule has 62 valence electrons. The molecule has 0 bridgehead atoms. The van der Waals surface area contributed by atoms with Crippen molar-refractivity contribution < 1.29 is 18.9 Å². The van der Waals surface area contributed by atoms with E-state index in [1.54, 1.807) is 0 Å². The molecule has 5 heteroatoms. The first-order valence-electron chi connectivity index (χ1n) is 3.70. The molecule has 0 fully saturated rings. The maximum atomic E-state index is 4.94. The summed E-state index contributed by atoms with van der Waals surface area (Å²) in [6.07, 6.45) is 0.937. The largest absolute Gasteiger partial charge is 1.00 e. The average molecular weight is 207 g/mol. The number of thiocarbonyl (C=S) groups is 1. The summed E-state index contributed by atoms with van der Waals surface area (Å²) in [5.74, 6) is 0. The van der Waals surface area contributed by atoms with E-state index in [1.165, 1.54) is 5.56 Å². The molecule has 0 saturated carbocycles. The van der Waals surface area contributed by atoms with Crippen molar-refractivity contribution in [3.8, 4) is 0 Å². The summed E-state index contributed by atoms with van der Waals surface area (Å²) >= 11 is 9.88. The van der Waals surface area contributed by atoms with E-state index < -0.39 is 0 Å². The van der Waals surface area contributed by atoms with E-state index in [0.29, 0.717) is 4.32 Å². The molecule has 2 radical (unpaired) electrons. The Bertz CT molecular complexity index is 330. The van der Waals surface area contributed by atoms with E-state index in [0.717, 1.165) is 12.1 Å². The molecule has 1 nitrogen and oxygen atoms in total. The van der Waals surface area contributed by atoms with Gasteiger partial charge in [-0.3, -0.25) is 0 Å². The standard InChI is InChI=1S/C9H8NS2.2Li/c11-9(12)10-6-5-7-3-1-2-4-8(7)10;;/h1-4,6H,5H2,(H,11,12);;/q;;+1/p-1. The SMILES string of the molecule is S=C([S-])N1[CH]Cc2ccccc21.[Li+].[Li]. The van der Waals surface area contributed by atoms with Gasteiger partial charge in [-0.15, -0.1) is 0 Å². The fraction of sp³-hybridized carbons (Fsp3) is 0.111. The smallest absolute Gasteiger partial charge is 0.411 e. The molecule has 0 N–H and O–H groups in total. The van der Waals surface area contributed by atoms with Crippen LogP contribution >= 0.6 is 12.2 Å². The molecule has 1 aromatic rings. The number of nitrogens with zero attached hydrogens (tertiary/aromatic N) is 1. The van der Waals surface area contributed by atoms with E-state index >= 15 is 0 Å². The van der Waals surface area contributed by atoms with Gasteiger partial charge >= 0.3 is 18.9 Å². The van der Waals surface area contributed by atoms with Crippen LogP contribution in [-0.4, -0.2) is 23.2 Å². The number of para-hydroxylation sites is 1. The van der Waals surface area contributed by atoms with Crippen LogP contribution in [0.25, 0.3) is 0 Å². The van der Waals surface area contributed by atoms with Crippen molar-refractivity contribution in [1.82, 2.24) is 0 Å². The second kappa shape index (κ2) is 6.18. The van der Waals surface area contributed by atoms with Crippen LogP contribution in [0.3, 0.4) is 0 Å². The van der Waals surface area contributed by atoms with E-state index in [4.69, 9.17) is 24.8 Å². The molecule has 1 aliphatic heterocycles. The first kappa shape index (κ1) is 14.5. The minimum atomic E-state index is 0. The van der Waals surface area contributed by atoms with E-state index in [-0.39, 0.29) is 37.7 Å². The van der Waals surface area contributed by atoms with Crippen molar-refractivity contribution in [2.75, 3.05) is 4.90 Å². The number of rotatable bonds is 0. The first-order chi connectivity index (χ1) is 5.79. The molecule has 1 aliphatic rings. The van der Waals surface area contributed by atoms with Gasteiger partial charge in [-0.1, -0.05) is 22.5 Å². The molecular weight excluding hydrogens is 200 g/mol. The molecule has 2 rings (SSSR count).